The van der Waals surface area contributed by atoms with Gasteiger partial charge >= 0.3 is 48.9 Å². The van der Waals surface area contributed by atoms with Crippen LogP contribution >= 0.6 is 7.82 Å². The van der Waals surface area contributed by atoms with Gasteiger partial charge in [-0.3, -0.25) is 0 Å². The molecule has 1 heterocycles. The summed E-state index contributed by atoms with van der Waals surface area (Å²) in [5.74, 6) is 0. The maximum atomic E-state index is 10.3. The van der Waals surface area contributed by atoms with Gasteiger partial charge in [0.25, 0.3) is 0 Å². The molecule has 1 rings (SSSR count). The Morgan fingerprint density at radius 2 is 1.71 bits per heavy atom. The molecule has 0 radical (unpaired) electrons. The van der Waals surface area contributed by atoms with Gasteiger partial charge in [-0.05, 0) is 0 Å². The third-order valence-corrected chi connectivity index (χ3v) is 2.55. The number of phosphoric acid groups is 1. The molecule has 0 aromatic carbocycles. The molecule has 0 unspecified atom stereocenters. The van der Waals surface area contributed by atoms with Crippen LogP contribution in [0.15, 0.2) is 0 Å². The fraction of sp³-hybridized carbons (Fsp3) is 1.00. The quantitative estimate of drug-likeness (QED) is 0.271. The number of aliphatic hydroxyl groups excluding tert-OH is 4. The van der Waals surface area contributed by atoms with Crippen molar-refractivity contribution in [2.45, 2.75) is 30.7 Å². The molecule has 1 saturated heterocycles. The van der Waals surface area contributed by atoms with Crippen molar-refractivity contribution in [1.29, 1.82) is 0 Å². The molecular formula is C6H11BaO9P. The summed E-state index contributed by atoms with van der Waals surface area (Å²) < 4.78 is 18.7. The minimum atomic E-state index is -5.41. The first-order valence-electron chi connectivity index (χ1n) is 4.27. The van der Waals surface area contributed by atoms with Gasteiger partial charge in [0.05, 0.1) is 14.4 Å². The molecule has 5 atom stereocenters. The molecule has 1 aliphatic heterocycles. The fourth-order valence-electron chi connectivity index (χ4n) is 1.28. The van der Waals surface area contributed by atoms with E-state index in [0.29, 0.717) is 0 Å². The Hall–Kier alpha value is 1.48. The van der Waals surface area contributed by atoms with Crippen molar-refractivity contribution in [2.24, 2.45) is 0 Å². The topological polar surface area (TPSA) is 163 Å². The zero-order valence-electron chi connectivity index (χ0n) is 8.58. The molecule has 1 aliphatic rings. The zero-order chi connectivity index (χ0) is 12.5. The number of phosphoric ester groups is 1. The average Bonchev–Trinajstić information content (AvgIpc) is 2.17. The number of ether oxygens (including phenoxy) is 1. The summed E-state index contributed by atoms with van der Waals surface area (Å²) in [6, 6.07) is 0. The van der Waals surface area contributed by atoms with E-state index in [4.69, 9.17) is 5.11 Å². The van der Waals surface area contributed by atoms with Crippen LogP contribution < -0.4 is 9.79 Å². The van der Waals surface area contributed by atoms with Crippen LogP contribution in [0.2, 0.25) is 0 Å². The fourth-order valence-corrected chi connectivity index (χ4v) is 1.71. The molecule has 4 N–H and O–H groups in total. The molecule has 0 aromatic rings. The minimum Gasteiger partial charge on any atom is -0.790 e. The van der Waals surface area contributed by atoms with E-state index < -0.39 is 45.1 Å². The molecule has 0 amide bonds. The largest absolute Gasteiger partial charge is 2.00 e. The predicted octanol–water partition coefficient (Wildman–Crippen LogP) is -4.75. The first-order valence-corrected chi connectivity index (χ1v) is 5.73. The van der Waals surface area contributed by atoms with Crippen molar-refractivity contribution in [2.75, 3.05) is 6.61 Å². The SMILES string of the molecule is O=P([O-])([O-])O[C@H]1O[C@H](CO)[C@H](O)[C@H](O)[C@H]1O.[Ba+2]. The Bertz CT molecular complexity index is 281. The second-order valence-electron chi connectivity index (χ2n) is 3.25. The average molecular weight is 395 g/mol. The van der Waals surface area contributed by atoms with Crippen LogP contribution in [-0.4, -0.2) is 107 Å². The van der Waals surface area contributed by atoms with Gasteiger partial charge in [-0.15, -0.1) is 0 Å². The van der Waals surface area contributed by atoms with Crippen LogP contribution in [0.3, 0.4) is 0 Å². The van der Waals surface area contributed by atoms with E-state index in [2.05, 4.69) is 9.26 Å². The predicted molar refractivity (Wildman–Crippen MR) is 48.2 cm³/mol. The van der Waals surface area contributed by atoms with Crippen molar-refractivity contribution < 1.29 is 44.0 Å². The number of hydrogen-bond acceptors (Lipinski definition) is 9. The summed E-state index contributed by atoms with van der Waals surface area (Å²) >= 11 is 0. The molecule has 0 saturated carbocycles. The van der Waals surface area contributed by atoms with Crippen LogP contribution in [0.25, 0.3) is 0 Å². The van der Waals surface area contributed by atoms with Gasteiger partial charge < -0.3 is 44.0 Å². The van der Waals surface area contributed by atoms with Gasteiger partial charge in [-0.25, -0.2) is 0 Å². The Balaban J connectivity index is 0.00000256. The first-order chi connectivity index (χ1) is 7.26. The zero-order valence-corrected chi connectivity index (χ0v) is 13.9. The summed E-state index contributed by atoms with van der Waals surface area (Å²) in [6.45, 7) is -0.743. The van der Waals surface area contributed by atoms with Crippen molar-refractivity contribution in [3.63, 3.8) is 0 Å². The van der Waals surface area contributed by atoms with Crippen LogP contribution in [0.4, 0.5) is 0 Å². The van der Waals surface area contributed by atoms with Crippen LogP contribution in [0.1, 0.15) is 0 Å². The summed E-state index contributed by atoms with van der Waals surface area (Å²) in [5.41, 5.74) is 0. The molecule has 0 spiro atoms. The minimum absolute atomic E-state index is 0. The Morgan fingerprint density at radius 3 is 2.12 bits per heavy atom. The molecule has 9 nitrogen and oxygen atoms in total. The van der Waals surface area contributed by atoms with E-state index in [-0.39, 0.29) is 48.9 Å². The van der Waals surface area contributed by atoms with Gasteiger partial charge in [0.1, 0.15) is 24.4 Å². The molecule has 17 heavy (non-hydrogen) atoms. The van der Waals surface area contributed by atoms with Crippen molar-refractivity contribution >= 4 is 56.7 Å². The van der Waals surface area contributed by atoms with Gasteiger partial charge in [0, 0.05) is 0 Å². The Labute approximate surface area is 137 Å². The smallest absolute Gasteiger partial charge is 0.790 e. The van der Waals surface area contributed by atoms with Crippen LogP contribution in [-0.2, 0) is 13.8 Å². The number of rotatable bonds is 3. The van der Waals surface area contributed by atoms with Crippen LogP contribution in [0, 0.1) is 0 Å². The second kappa shape index (κ2) is 7.31. The van der Waals surface area contributed by atoms with Gasteiger partial charge in [-0.1, -0.05) is 0 Å². The van der Waals surface area contributed by atoms with Crippen molar-refractivity contribution in [3.05, 3.63) is 0 Å². The van der Waals surface area contributed by atoms with E-state index in [1.807, 2.05) is 0 Å². The number of aliphatic hydroxyl groups is 4. The van der Waals surface area contributed by atoms with E-state index >= 15 is 0 Å². The van der Waals surface area contributed by atoms with Gasteiger partial charge in [0.15, 0.2) is 6.29 Å². The third-order valence-electron chi connectivity index (χ3n) is 2.08. The summed E-state index contributed by atoms with van der Waals surface area (Å²) in [7, 11) is -5.41. The molecule has 0 bridgehead atoms. The van der Waals surface area contributed by atoms with Gasteiger partial charge in [0.2, 0.25) is 0 Å². The molecule has 0 aliphatic carbocycles. The maximum absolute atomic E-state index is 10.3. The Kier molecular flexibility index (Phi) is 7.95. The van der Waals surface area contributed by atoms with E-state index in [9.17, 15) is 29.7 Å². The first kappa shape index (κ1) is 18.5. The van der Waals surface area contributed by atoms with Gasteiger partial charge in [-0.2, -0.15) is 0 Å². The molecule has 0 aromatic heterocycles. The van der Waals surface area contributed by atoms with E-state index in [0.717, 1.165) is 0 Å². The van der Waals surface area contributed by atoms with Crippen molar-refractivity contribution in [1.82, 2.24) is 0 Å². The molecule has 1 fully saturated rings. The Morgan fingerprint density at radius 1 is 1.18 bits per heavy atom. The van der Waals surface area contributed by atoms with E-state index in [1.165, 1.54) is 0 Å². The second-order valence-corrected chi connectivity index (χ2v) is 4.36. The third kappa shape index (κ3) is 5.17. The molecule has 96 valence electrons. The summed E-state index contributed by atoms with van der Waals surface area (Å²) in [6.07, 6.45) is -8.61. The van der Waals surface area contributed by atoms with Crippen molar-refractivity contribution in [3.8, 4) is 0 Å². The summed E-state index contributed by atoms with van der Waals surface area (Å²) in [4.78, 5) is 20.6. The van der Waals surface area contributed by atoms with Crippen LogP contribution in [0.5, 0.6) is 0 Å². The monoisotopic (exact) mass is 396 g/mol. The molecule has 11 heteroatoms. The maximum Gasteiger partial charge on any atom is 2.00 e. The summed E-state index contributed by atoms with van der Waals surface area (Å²) in [5, 5.41) is 36.5. The number of hydrogen-bond donors (Lipinski definition) is 4. The molecular weight excluding hydrogens is 384 g/mol. The van der Waals surface area contributed by atoms with E-state index in [1.54, 1.807) is 0 Å². The normalized spacial score (nSPS) is 38.6. The standard InChI is InChI=1S/C6H13O9P.Ba/c7-1-2-3(8)4(9)5(10)6(14-2)15-16(11,12)13;/h2-10H,1H2,(H2,11,12,13);/q;+2/p-2/t2-,3+,4+,5-,6-;/m1./s1.